The molecule has 0 spiro atoms. The second kappa shape index (κ2) is 8.91. The van der Waals surface area contributed by atoms with E-state index in [9.17, 15) is 9.59 Å². The standard InChI is InChI=1S/C14H27N3O2/c1-3-6-16-14(19)10-17-13(18)9-11(2)12-4-7-15-8-5-12/h11-12,15H,3-10H2,1-2H3,(H,16,19)(H,17,18). The zero-order valence-corrected chi connectivity index (χ0v) is 12.1. The topological polar surface area (TPSA) is 70.2 Å². The summed E-state index contributed by atoms with van der Waals surface area (Å²) in [6, 6.07) is 0. The lowest BCUT2D eigenvalue weighted by molar-refractivity contribution is -0.126. The minimum absolute atomic E-state index is 0.0160. The first-order chi connectivity index (χ1) is 9.13. The summed E-state index contributed by atoms with van der Waals surface area (Å²) in [6.45, 7) is 7.00. The van der Waals surface area contributed by atoms with Gasteiger partial charge < -0.3 is 16.0 Å². The van der Waals surface area contributed by atoms with Gasteiger partial charge in [0.25, 0.3) is 0 Å². The van der Waals surface area contributed by atoms with Crippen molar-refractivity contribution < 1.29 is 9.59 Å². The van der Waals surface area contributed by atoms with Gasteiger partial charge in [-0.05, 0) is 44.2 Å². The number of amides is 2. The van der Waals surface area contributed by atoms with Crippen molar-refractivity contribution in [2.45, 2.75) is 39.5 Å². The molecule has 1 heterocycles. The second-order valence-electron chi connectivity index (χ2n) is 5.40. The van der Waals surface area contributed by atoms with Crippen LogP contribution in [0.2, 0.25) is 0 Å². The van der Waals surface area contributed by atoms with Crippen LogP contribution in [0.25, 0.3) is 0 Å². The van der Waals surface area contributed by atoms with Crippen LogP contribution in [0.5, 0.6) is 0 Å². The van der Waals surface area contributed by atoms with E-state index < -0.39 is 0 Å². The largest absolute Gasteiger partial charge is 0.355 e. The lowest BCUT2D eigenvalue weighted by atomic mass is 9.84. The van der Waals surface area contributed by atoms with E-state index in [1.807, 2.05) is 6.92 Å². The van der Waals surface area contributed by atoms with Gasteiger partial charge in [0.05, 0.1) is 6.54 Å². The van der Waals surface area contributed by atoms with Crippen molar-refractivity contribution in [1.29, 1.82) is 0 Å². The zero-order chi connectivity index (χ0) is 14.1. The number of nitrogens with one attached hydrogen (secondary N) is 3. The number of hydrogen-bond donors (Lipinski definition) is 3. The van der Waals surface area contributed by atoms with E-state index in [1.165, 1.54) is 0 Å². The van der Waals surface area contributed by atoms with Gasteiger partial charge in [-0.3, -0.25) is 9.59 Å². The van der Waals surface area contributed by atoms with Crippen LogP contribution in [0.15, 0.2) is 0 Å². The van der Waals surface area contributed by atoms with Crippen LogP contribution in [0.3, 0.4) is 0 Å². The maximum atomic E-state index is 11.8. The molecule has 0 aliphatic carbocycles. The van der Waals surface area contributed by atoms with Crippen LogP contribution in [0, 0.1) is 11.8 Å². The Labute approximate surface area is 115 Å². The highest BCUT2D eigenvalue weighted by Gasteiger charge is 2.21. The average Bonchev–Trinajstić information content (AvgIpc) is 2.43. The van der Waals surface area contributed by atoms with Crippen molar-refractivity contribution in [2.24, 2.45) is 11.8 Å². The fourth-order valence-electron chi connectivity index (χ4n) is 2.45. The lowest BCUT2D eigenvalue weighted by Crippen LogP contribution is -2.38. The molecule has 0 aromatic rings. The molecule has 1 aliphatic heterocycles. The van der Waals surface area contributed by atoms with E-state index >= 15 is 0 Å². The Kier molecular flexibility index (Phi) is 7.48. The number of carbonyl (C=O) groups excluding carboxylic acids is 2. The molecule has 1 rings (SSSR count). The van der Waals surface area contributed by atoms with Gasteiger partial charge >= 0.3 is 0 Å². The summed E-state index contributed by atoms with van der Waals surface area (Å²) in [5.74, 6) is 0.893. The molecule has 0 saturated carbocycles. The Morgan fingerprint density at radius 2 is 1.89 bits per heavy atom. The van der Waals surface area contributed by atoms with E-state index in [1.54, 1.807) is 0 Å². The average molecular weight is 269 g/mol. The molecule has 3 N–H and O–H groups in total. The summed E-state index contributed by atoms with van der Waals surface area (Å²) >= 11 is 0. The number of carbonyl (C=O) groups is 2. The van der Waals surface area contributed by atoms with Crippen LogP contribution >= 0.6 is 0 Å². The van der Waals surface area contributed by atoms with Crippen molar-refractivity contribution in [3.63, 3.8) is 0 Å². The summed E-state index contributed by atoms with van der Waals surface area (Å²) in [6.07, 6.45) is 3.72. The van der Waals surface area contributed by atoms with E-state index in [0.29, 0.717) is 24.8 Å². The molecule has 110 valence electrons. The zero-order valence-electron chi connectivity index (χ0n) is 12.1. The van der Waals surface area contributed by atoms with Crippen molar-refractivity contribution in [3.05, 3.63) is 0 Å². The van der Waals surface area contributed by atoms with Gasteiger partial charge in [-0.2, -0.15) is 0 Å². The molecule has 5 nitrogen and oxygen atoms in total. The highest BCUT2D eigenvalue weighted by molar-refractivity contribution is 5.84. The van der Waals surface area contributed by atoms with E-state index in [2.05, 4.69) is 22.9 Å². The molecule has 5 heteroatoms. The fraction of sp³-hybridized carbons (Fsp3) is 0.857. The molecule has 19 heavy (non-hydrogen) atoms. The summed E-state index contributed by atoms with van der Waals surface area (Å²) in [7, 11) is 0. The number of rotatable bonds is 7. The quantitative estimate of drug-likeness (QED) is 0.636. The normalized spacial score (nSPS) is 17.8. The van der Waals surface area contributed by atoms with Gasteiger partial charge in [-0.1, -0.05) is 13.8 Å². The van der Waals surface area contributed by atoms with E-state index in [-0.39, 0.29) is 18.4 Å². The maximum Gasteiger partial charge on any atom is 0.239 e. The Balaban J connectivity index is 2.17. The molecular weight excluding hydrogens is 242 g/mol. The predicted molar refractivity (Wildman–Crippen MR) is 75.7 cm³/mol. The minimum Gasteiger partial charge on any atom is -0.355 e. The molecular formula is C14H27N3O2. The summed E-state index contributed by atoms with van der Waals surface area (Å²) in [4.78, 5) is 23.1. The van der Waals surface area contributed by atoms with E-state index in [4.69, 9.17) is 0 Å². The van der Waals surface area contributed by atoms with Crippen LogP contribution in [0.1, 0.15) is 39.5 Å². The molecule has 0 bridgehead atoms. The van der Waals surface area contributed by atoms with E-state index in [0.717, 1.165) is 32.4 Å². The Morgan fingerprint density at radius 1 is 1.21 bits per heavy atom. The van der Waals surface area contributed by atoms with Crippen LogP contribution in [0.4, 0.5) is 0 Å². The molecule has 0 radical (unpaired) electrons. The first kappa shape index (κ1) is 16.0. The van der Waals surface area contributed by atoms with Crippen molar-refractivity contribution >= 4 is 11.8 Å². The van der Waals surface area contributed by atoms with Gasteiger partial charge in [0.1, 0.15) is 0 Å². The summed E-state index contributed by atoms with van der Waals surface area (Å²) < 4.78 is 0. The predicted octanol–water partition coefficient (Wildman–Crippen LogP) is 0.655. The van der Waals surface area contributed by atoms with Gasteiger partial charge in [-0.25, -0.2) is 0 Å². The van der Waals surface area contributed by atoms with Crippen molar-refractivity contribution in [3.8, 4) is 0 Å². The summed E-state index contributed by atoms with van der Waals surface area (Å²) in [5.41, 5.74) is 0. The monoisotopic (exact) mass is 269 g/mol. The van der Waals surface area contributed by atoms with Gasteiger partial charge in [-0.15, -0.1) is 0 Å². The Hall–Kier alpha value is -1.10. The first-order valence-electron chi connectivity index (χ1n) is 7.37. The second-order valence-corrected chi connectivity index (χ2v) is 5.40. The molecule has 2 amide bonds. The van der Waals surface area contributed by atoms with Crippen molar-refractivity contribution in [2.75, 3.05) is 26.2 Å². The minimum atomic E-state index is -0.107. The highest BCUT2D eigenvalue weighted by atomic mass is 16.2. The molecule has 0 aromatic heterocycles. The molecule has 0 aromatic carbocycles. The molecule has 1 unspecified atom stereocenters. The van der Waals surface area contributed by atoms with Crippen LogP contribution in [-0.4, -0.2) is 38.0 Å². The molecule has 1 aliphatic rings. The Bertz CT molecular complexity index is 288. The third-order valence-corrected chi connectivity index (χ3v) is 3.71. The highest BCUT2D eigenvalue weighted by Crippen LogP contribution is 2.23. The third kappa shape index (κ3) is 6.57. The molecule has 1 saturated heterocycles. The summed E-state index contributed by atoms with van der Waals surface area (Å²) in [5, 5.41) is 8.77. The molecule has 1 atom stereocenters. The van der Waals surface area contributed by atoms with Gasteiger partial charge in [0.15, 0.2) is 0 Å². The smallest absolute Gasteiger partial charge is 0.239 e. The van der Waals surface area contributed by atoms with Gasteiger partial charge in [0.2, 0.25) is 11.8 Å². The third-order valence-electron chi connectivity index (χ3n) is 3.71. The van der Waals surface area contributed by atoms with Gasteiger partial charge in [0, 0.05) is 13.0 Å². The van der Waals surface area contributed by atoms with Crippen molar-refractivity contribution in [1.82, 2.24) is 16.0 Å². The molecule has 1 fully saturated rings. The maximum absolute atomic E-state index is 11.8. The fourth-order valence-corrected chi connectivity index (χ4v) is 2.45. The van der Waals surface area contributed by atoms with Crippen LogP contribution in [-0.2, 0) is 9.59 Å². The SMILES string of the molecule is CCCNC(=O)CNC(=O)CC(C)C1CCNCC1. The van der Waals surface area contributed by atoms with Crippen LogP contribution < -0.4 is 16.0 Å². The first-order valence-corrected chi connectivity index (χ1v) is 7.37. The number of piperidine rings is 1. The Morgan fingerprint density at radius 3 is 2.53 bits per heavy atom. The lowest BCUT2D eigenvalue weighted by Gasteiger charge is -2.27. The number of hydrogen-bond acceptors (Lipinski definition) is 3.